The number of aromatic nitrogens is 1. The molecule has 5 nitrogen and oxygen atoms in total. The Hall–Kier alpha value is -1.62. The number of amides is 1. The third kappa shape index (κ3) is 3.70. The number of hydrogen-bond acceptors (Lipinski definition) is 3. The third-order valence-corrected chi connectivity index (χ3v) is 2.72. The molecular weight excluding hydrogens is 232 g/mol. The van der Waals surface area contributed by atoms with Crippen LogP contribution in [-0.2, 0) is 16.1 Å². The average molecular weight is 252 g/mol. The highest BCUT2D eigenvalue weighted by Gasteiger charge is 2.13. The van der Waals surface area contributed by atoms with Crippen molar-refractivity contribution in [3.63, 3.8) is 0 Å². The fourth-order valence-corrected chi connectivity index (χ4v) is 1.75. The largest absolute Gasteiger partial charge is 0.369 e. The molecule has 5 heteroatoms. The van der Waals surface area contributed by atoms with Gasteiger partial charge in [-0.1, -0.05) is 0 Å². The van der Waals surface area contributed by atoms with Crippen molar-refractivity contribution in [2.24, 2.45) is 0 Å². The number of carbonyl (C=O) groups is 1. The fraction of sp³-hybridized carbons (Fsp3) is 0.538. The summed E-state index contributed by atoms with van der Waals surface area (Å²) in [6.07, 6.45) is -0.500. The number of ether oxygens (including phenoxy) is 1. The van der Waals surface area contributed by atoms with Crippen molar-refractivity contribution in [2.45, 2.75) is 40.3 Å². The van der Waals surface area contributed by atoms with E-state index in [1.807, 2.05) is 26.8 Å². The smallest absolute Gasteiger partial charge is 0.253 e. The molecule has 0 spiro atoms. The molecule has 0 unspecified atom stereocenters. The molecule has 1 rings (SSSR count). The lowest BCUT2D eigenvalue weighted by Gasteiger charge is -2.12. The molecule has 1 aromatic heterocycles. The van der Waals surface area contributed by atoms with Crippen LogP contribution in [-0.4, -0.2) is 23.6 Å². The van der Waals surface area contributed by atoms with Crippen LogP contribution in [0.15, 0.2) is 10.9 Å². The Morgan fingerprint density at radius 3 is 2.72 bits per heavy atom. The van der Waals surface area contributed by atoms with Crippen molar-refractivity contribution < 1.29 is 9.53 Å². The Morgan fingerprint density at radius 1 is 1.50 bits per heavy atom. The molecule has 18 heavy (non-hydrogen) atoms. The first-order valence-corrected chi connectivity index (χ1v) is 6.04. The van der Waals surface area contributed by atoms with Gasteiger partial charge >= 0.3 is 0 Å². The zero-order valence-electron chi connectivity index (χ0n) is 11.3. The molecule has 0 saturated heterocycles. The Balaban J connectivity index is 2.70. The lowest BCUT2D eigenvalue weighted by Crippen LogP contribution is -2.35. The van der Waals surface area contributed by atoms with Crippen LogP contribution in [0.4, 0.5) is 0 Å². The standard InChI is InChI=1S/C13H20N2O3/c1-5-18-10(4)12(16)14-7-11-8(2)6-9(3)15-13(11)17/h6,10H,5,7H2,1-4H3,(H,14,16)(H,15,17)/t10-/m0/s1. The van der Waals surface area contributed by atoms with E-state index in [0.717, 1.165) is 11.3 Å². The fourth-order valence-electron chi connectivity index (χ4n) is 1.75. The summed E-state index contributed by atoms with van der Waals surface area (Å²) in [4.78, 5) is 26.1. The first-order valence-electron chi connectivity index (χ1n) is 6.04. The molecule has 1 atom stereocenters. The summed E-state index contributed by atoms with van der Waals surface area (Å²) in [5.41, 5.74) is 2.12. The summed E-state index contributed by atoms with van der Waals surface area (Å²) >= 11 is 0. The van der Waals surface area contributed by atoms with Crippen molar-refractivity contribution in [3.8, 4) is 0 Å². The van der Waals surface area contributed by atoms with Crippen molar-refractivity contribution in [2.75, 3.05) is 6.61 Å². The van der Waals surface area contributed by atoms with Crippen LogP contribution >= 0.6 is 0 Å². The zero-order chi connectivity index (χ0) is 13.7. The SMILES string of the molecule is CCO[C@@H](C)C(=O)NCc1c(C)cc(C)[nH]c1=O. The lowest BCUT2D eigenvalue weighted by atomic mass is 10.1. The van der Waals surface area contributed by atoms with Crippen LogP contribution in [0.3, 0.4) is 0 Å². The summed E-state index contributed by atoms with van der Waals surface area (Å²) in [7, 11) is 0. The van der Waals surface area contributed by atoms with Gasteiger partial charge in [0, 0.05) is 24.4 Å². The number of H-pyrrole nitrogens is 1. The van der Waals surface area contributed by atoms with E-state index < -0.39 is 6.10 Å². The lowest BCUT2D eigenvalue weighted by molar-refractivity contribution is -0.131. The van der Waals surface area contributed by atoms with E-state index in [4.69, 9.17) is 4.74 Å². The number of hydrogen-bond donors (Lipinski definition) is 2. The van der Waals surface area contributed by atoms with Crippen molar-refractivity contribution in [1.29, 1.82) is 0 Å². The molecule has 0 aliphatic heterocycles. The van der Waals surface area contributed by atoms with Gasteiger partial charge in [0.25, 0.3) is 5.56 Å². The predicted molar refractivity (Wildman–Crippen MR) is 69.5 cm³/mol. The second kappa shape index (κ2) is 6.35. The van der Waals surface area contributed by atoms with Crippen molar-refractivity contribution in [3.05, 3.63) is 33.2 Å². The van der Waals surface area contributed by atoms with Crippen LogP contribution in [0.2, 0.25) is 0 Å². The molecule has 0 fully saturated rings. The maximum atomic E-state index is 11.7. The summed E-state index contributed by atoms with van der Waals surface area (Å²) in [6.45, 7) is 7.91. The molecular formula is C13H20N2O3. The molecule has 1 amide bonds. The molecule has 1 heterocycles. The zero-order valence-corrected chi connectivity index (χ0v) is 11.3. The average Bonchev–Trinajstić information content (AvgIpc) is 2.27. The molecule has 0 saturated carbocycles. The van der Waals surface area contributed by atoms with Gasteiger partial charge in [-0.05, 0) is 39.3 Å². The third-order valence-electron chi connectivity index (χ3n) is 2.72. The first-order chi connectivity index (χ1) is 8.45. The molecule has 0 radical (unpaired) electrons. The van der Waals surface area contributed by atoms with Gasteiger partial charge in [0.1, 0.15) is 6.10 Å². The normalized spacial score (nSPS) is 12.2. The minimum absolute atomic E-state index is 0.156. The van der Waals surface area contributed by atoms with E-state index in [-0.39, 0.29) is 18.0 Å². The number of carbonyl (C=O) groups excluding carboxylic acids is 1. The number of pyridine rings is 1. The molecule has 1 aromatic rings. The minimum Gasteiger partial charge on any atom is -0.369 e. The molecule has 0 aliphatic carbocycles. The first kappa shape index (κ1) is 14.4. The topological polar surface area (TPSA) is 71.2 Å². The van der Waals surface area contributed by atoms with E-state index in [0.29, 0.717) is 12.2 Å². The molecule has 0 aromatic carbocycles. The van der Waals surface area contributed by atoms with Gasteiger partial charge in [0.2, 0.25) is 5.91 Å². The predicted octanol–water partition coefficient (Wildman–Crippen LogP) is 1.03. The second-order valence-corrected chi connectivity index (χ2v) is 4.26. The van der Waals surface area contributed by atoms with Gasteiger partial charge in [0.05, 0.1) is 0 Å². The van der Waals surface area contributed by atoms with E-state index >= 15 is 0 Å². The van der Waals surface area contributed by atoms with Gasteiger partial charge in [-0.2, -0.15) is 0 Å². The molecule has 2 N–H and O–H groups in total. The summed E-state index contributed by atoms with van der Waals surface area (Å²) in [5, 5.41) is 2.70. The van der Waals surface area contributed by atoms with Crippen LogP contribution in [0.5, 0.6) is 0 Å². The van der Waals surface area contributed by atoms with Crippen LogP contribution in [0.25, 0.3) is 0 Å². The number of aryl methyl sites for hydroxylation is 2. The van der Waals surface area contributed by atoms with Gasteiger partial charge < -0.3 is 15.0 Å². The Labute approximate surface area is 107 Å². The molecule has 100 valence electrons. The monoisotopic (exact) mass is 252 g/mol. The Kier molecular flexibility index (Phi) is 5.09. The Morgan fingerprint density at radius 2 is 2.17 bits per heavy atom. The molecule has 0 aliphatic rings. The number of rotatable bonds is 5. The maximum Gasteiger partial charge on any atom is 0.253 e. The highest BCUT2D eigenvalue weighted by Crippen LogP contribution is 2.03. The van der Waals surface area contributed by atoms with E-state index in [9.17, 15) is 9.59 Å². The summed E-state index contributed by atoms with van der Waals surface area (Å²) in [5.74, 6) is -0.212. The second-order valence-electron chi connectivity index (χ2n) is 4.26. The highest BCUT2D eigenvalue weighted by molar-refractivity contribution is 5.80. The summed E-state index contributed by atoms with van der Waals surface area (Å²) < 4.78 is 5.17. The van der Waals surface area contributed by atoms with Crippen molar-refractivity contribution >= 4 is 5.91 Å². The van der Waals surface area contributed by atoms with Crippen LogP contribution < -0.4 is 10.9 Å². The van der Waals surface area contributed by atoms with E-state index in [1.165, 1.54) is 0 Å². The van der Waals surface area contributed by atoms with E-state index in [2.05, 4.69) is 10.3 Å². The van der Waals surface area contributed by atoms with Gasteiger partial charge in [0.15, 0.2) is 0 Å². The van der Waals surface area contributed by atoms with Gasteiger partial charge in [-0.25, -0.2) is 0 Å². The van der Waals surface area contributed by atoms with Gasteiger partial charge in [-0.3, -0.25) is 9.59 Å². The number of aromatic amines is 1. The quantitative estimate of drug-likeness (QED) is 0.822. The molecule has 0 bridgehead atoms. The Bertz CT molecular complexity index is 480. The summed E-state index contributed by atoms with van der Waals surface area (Å²) in [6, 6.07) is 1.88. The maximum absolute atomic E-state index is 11.7. The number of nitrogens with one attached hydrogen (secondary N) is 2. The highest BCUT2D eigenvalue weighted by atomic mass is 16.5. The van der Waals surface area contributed by atoms with Gasteiger partial charge in [-0.15, -0.1) is 0 Å². The van der Waals surface area contributed by atoms with Crippen LogP contribution in [0.1, 0.15) is 30.7 Å². The van der Waals surface area contributed by atoms with Crippen molar-refractivity contribution in [1.82, 2.24) is 10.3 Å². The van der Waals surface area contributed by atoms with E-state index in [1.54, 1.807) is 6.92 Å². The van der Waals surface area contributed by atoms with Crippen LogP contribution in [0, 0.1) is 13.8 Å². The minimum atomic E-state index is -0.500.